The molecule has 1 aliphatic rings. The summed E-state index contributed by atoms with van der Waals surface area (Å²) in [7, 11) is 0. The molecule has 1 aliphatic carbocycles. The minimum absolute atomic E-state index is 0.938. The van der Waals surface area contributed by atoms with Crippen LogP contribution in [0.5, 0.6) is 0 Å². The van der Waals surface area contributed by atoms with Crippen LogP contribution in [0.1, 0.15) is 16.7 Å². The summed E-state index contributed by atoms with van der Waals surface area (Å²) in [5, 5.41) is 0.938. The van der Waals surface area contributed by atoms with Crippen molar-refractivity contribution in [1.29, 1.82) is 0 Å². The van der Waals surface area contributed by atoms with Crippen molar-refractivity contribution in [1.82, 2.24) is 0 Å². The predicted molar refractivity (Wildman–Crippen MR) is 61.0 cm³/mol. The summed E-state index contributed by atoms with van der Waals surface area (Å²) in [6.45, 7) is 0. The SMILES string of the molecule is BrCc1ccc2c(c1)CC=CC=C2. The summed E-state index contributed by atoms with van der Waals surface area (Å²) in [6, 6.07) is 6.63. The van der Waals surface area contributed by atoms with Crippen LogP contribution in [0.25, 0.3) is 6.08 Å². The maximum absolute atomic E-state index is 3.47. The molecule has 0 unspecified atom stereocenters. The first-order chi connectivity index (χ1) is 6.40. The molecular weight excluding hydrogens is 224 g/mol. The summed E-state index contributed by atoms with van der Waals surface area (Å²) >= 11 is 3.47. The molecule has 0 aromatic heterocycles. The maximum atomic E-state index is 3.47. The Labute approximate surface area is 87.1 Å². The van der Waals surface area contributed by atoms with Gasteiger partial charge >= 0.3 is 0 Å². The molecule has 0 nitrogen and oxygen atoms in total. The Hall–Kier alpha value is -0.820. The van der Waals surface area contributed by atoms with Crippen LogP contribution in [0.4, 0.5) is 0 Å². The van der Waals surface area contributed by atoms with Crippen LogP contribution in [0.3, 0.4) is 0 Å². The lowest BCUT2D eigenvalue weighted by molar-refractivity contribution is 1.24. The van der Waals surface area contributed by atoms with E-state index in [9.17, 15) is 0 Å². The molecule has 0 amide bonds. The van der Waals surface area contributed by atoms with Gasteiger partial charge in [0.25, 0.3) is 0 Å². The molecule has 2 rings (SSSR count). The molecular formula is C12H11Br. The van der Waals surface area contributed by atoms with E-state index in [0.717, 1.165) is 11.8 Å². The molecule has 0 spiro atoms. The summed E-state index contributed by atoms with van der Waals surface area (Å²) in [5.41, 5.74) is 4.11. The average Bonchev–Trinajstić information content (AvgIpc) is 2.41. The molecule has 0 saturated carbocycles. The lowest BCUT2D eigenvalue weighted by atomic mass is 10.0. The fourth-order valence-corrected chi connectivity index (χ4v) is 1.86. The highest BCUT2D eigenvalue weighted by Crippen LogP contribution is 2.18. The largest absolute Gasteiger partial charge is 0.0876 e. The van der Waals surface area contributed by atoms with Crippen LogP contribution < -0.4 is 0 Å². The zero-order valence-electron chi connectivity index (χ0n) is 7.33. The van der Waals surface area contributed by atoms with E-state index in [-0.39, 0.29) is 0 Å². The molecule has 0 radical (unpaired) electrons. The van der Waals surface area contributed by atoms with Crippen molar-refractivity contribution in [3.8, 4) is 0 Å². The van der Waals surface area contributed by atoms with Gasteiger partial charge in [-0.25, -0.2) is 0 Å². The van der Waals surface area contributed by atoms with Crippen LogP contribution in [-0.4, -0.2) is 0 Å². The Kier molecular flexibility index (Phi) is 2.65. The number of hydrogen-bond acceptors (Lipinski definition) is 0. The second kappa shape index (κ2) is 3.93. The van der Waals surface area contributed by atoms with E-state index in [1.807, 2.05) is 0 Å². The van der Waals surface area contributed by atoms with Gasteiger partial charge in [0.2, 0.25) is 0 Å². The summed E-state index contributed by atoms with van der Waals surface area (Å²) in [4.78, 5) is 0. The van der Waals surface area contributed by atoms with E-state index in [2.05, 4.69) is 58.4 Å². The maximum Gasteiger partial charge on any atom is 0.0283 e. The average molecular weight is 235 g/mol. The van der Waals surface area contributed by atoms with E-state index in [0.29, 0.717) is 0 Å². The Morgan fingerprint density at radius 2 is 2.15 bits per heavy atom. The van der Waals surface area contributed by atoms with Gasteiger partial charge in [0.15, 0.2) is 0 Å². The van der Waals surface area contributed by atoms with Gasteiger partial charge in [-0.3, -0.25) is 0 Å². The van der Waals surface area contributed by atoms with Crippen LogP contribution in [-0.2, 0) is 11.8 Å². The number of fused-ring (bicyclic) bond motifs is 1. The zero-order chi connectivity index (χ0) is 9.10. The highest BCUT2D eigenvalue weighted by atomic mass is 79.9. The van der Waals surface area contributed by atoms with Crippen molar-refractivity contribution in [2.75, 3.05) is 0 Å². The van der Waals surface area contributed by atoms with Crippen molar-refractivity contribution in [3.05, 3.63) is 53.1 Å². The smallest absolute Gasteiger partial charge is 0.0283 e. The first-order valence-corrected chi connectivity index (χ1v) is 5.53. The lowest BCUT2D eigenvalue weighted by Gasteiger charge is -2.04. The van der Waals surface area contributed by atoms with Crippen molar-refractivity contribution in [3.63, 3.8) is 0 Å². The standard InChI is InChI=1S/C12H11Br/c13-9-10-6-7-11-4-2-1-3-5-12(11)8-10/h1-4,6-8H,5,9H2. The molecule has 1 aromatic carbocycles. The van der Waals surface area contributed by atoms with Gasteiger partial charge in [0.1, 0.15) is 0 Å². The highest BCUT2D eigenvalue weighted by Gasteiger charge is 2.01. The quantitative estimate of drug-likeness (QED) is 0.651. The van der Waals surface area contributed by atoms with Crippen molar-refractivity contribution in [2.45, 2.75) is 11.8 Å². The Morgan fingerprint density at radius 1 is 1.23 bits per heavy atom. The van der Waals surface area contributed by atoms with Crippen LogP contribution in [0.2, 0.25) is 0 Å². The molecule has 0 fully saturated rings. The third-order valence-corrected chi connectivity index (χ3v) is 2.87. The second-order valence-electron chi connectivity index (χ2n) is 3.16. The van der Waals surface area contributed by atoms with Gasteiger partial charge in [0.05, 0.1) is 0 Å². The van der Waals surface area contributed by atoms with E-state index in [4.69, 9.17) is 0 Å². The number of halogens is 1. The Morgan fingerprint density at radius 3 is 3.00 bits per heavy atom. The first kappa shape index (κ1) is 8.76. The third kappa shape index (κ3) is 1.92. The van der Waals surface area contributed by atoms with E-state index >= 15 is 0 Å². The fraction of sp³-hybridized carbons (Fsp3) is 0.167. The van der Waals surface area contributed by atoms with Gasteiger partial charge in [0, 0.05) is 5.33 Å². The van der Waals surface area contributed by atoms with Crippen LogP contribution in [0.15, 0.2) is 36.4 Å². The first-order valence-electron chi connectivity index (χ1n) is 4.41. The third-order valence-electron chi connectivity index (χ3n) is 2.22. The summed E-state index contributed by atoms with van der Waals surface area (Å²) in [6.07, 6.45) is 9.60. The number of alkyl halides is 1. The molecule has 13 heavy (non-hydrogen) atoms. The van der Waals surface area contributed by atoms with E-state index in [1.54, 1.807) is 0 Å². The normalized spacial score (nSPS) is 13.9. The molecule has 0 saturated heterocycles. The van der Waals surface area contributed by atoms with Crippen molar-refractivity contribution >= 4 is 22.0 Å². The van der Waals surface area contributed by atoms with Crippen LogP contribution in [0, 0.1) is 0 Å². The topological polar surface area (TPSA) is 0 Å². The van der Waals surface area contributed by atoms with E-state index in [1.165, 1.54) is 16.7 Å². The number of benzene rings is 1. The molecule has 0 heterocycles. The summed E-state index contributed by atoms with van der Waals surface area (Å²) in [5.74, 6) is 0. The number of rotatable bonds is 1. The fourth-order valence-electron chi connectivity index (χ4n) is 1.51. The minimum Gasteiger partial charge on any atom is -0.0876 e. The highest BCUT2D eigenvalue weighted by molar-refractivity contribution is 9.08. The van der Waals surface area contributed by atoms with Gasteiger partial charge in [-0.2, -0.15) is 0 Å². The van der Waals surface area contributed by atoms with Gasteiger partial charge in [-0.1, -0.05) is 58.4 Å². The second-order valence-corrected chi connectivity index (χ2v) is 3.72. The van der Waals surface area contributed by atoms with Crippen molar-refractivity contribution in [2.24, 2.45) is 0 Å². The molecule has 1 aromatic rings. The number of hydrogen-bond donors (Lipinski definition) is 0. The Bertz CT molecular complexity index is 361. The lowest BCUT2D eigenvalue weighted by Crippen LogP contribution is -1.88. The van der Waals surface area contributed by atoms with Gasteiger partial charge in [-0.05, 0) is 23.1 Å². The molecule has 0 bridgehead atoms. The van der Waals surface area contributed by atoms with Gasteiger partial charge < -0.3 is 0 Å². The van der Waals surface area contributed by atoms with E-state index < -0.39 is 0 Å². The summed E-state index contributed by atoms with van der Waals surface area (Å²) < 4.78 is 0. The molecule has 66 valence electrons. The Balaban J connectivity index is 2.45. The van der Waals surface area contributed by atoms with Crippen LogP contribution >= 0.6 is 15.9 Å². The minimum atomic E-state index is 0.938. The van der Waals surface area contributed by atoms with Gasteiger partial charge in [-0.15, -0.1) is 0 Å². The number of allylic oxidation sites excluding steroid dienone is 3. The molecule has 0 N–H and O–H groups in total. The monoisotopic (exact) mass is 234 g/mol. The molecule has 0 aliphatic heterocycles. The van der Waals surface area contributed by atoms with Crippen molar-refractivity contribution < 1.29 is 0 Å². The predicted octanol–water partition coefficient (Wildman–Crippen LogP) is 3.71. The molecule has 1 heteroatoms. The molecule has 0 atom stereocenters. The zero-order valence-corrected chi connectivity index (χ0v) is 8.92.